The van der Waals surface area contributed by atoms with Crippen LogP contribution in [0.25, 0.3) is 0 Å². The minimum Gasteiger partial charge on any atom is -0.216 e. The third-order valence-electron chi connectivity index (χ3n) is 4.35. The minimum absolute atomic E-state index is 0.613. The summed E-state index contributed by atoms with van der Waals surface area (Å²) in [5, 5.41) is 0. The van der Waals surface area contributed by atoms with E-state index in [4.69, 9.17) is 0 Å². The summed E-state index contributed by atoms with van der Waals surface area (Å²) in [6.07, 6.45) is 9.52. The first-order valence-corrected chi connectivity index (χ1v) is 7.38. The summed E-state index contributed by atoms with van der Waals surface area (Å²) < 4.78 is 37.9. The van der Waals surface area contributed by atoms with Gasteiger partial charge in [0.2, 0.25) is 0 Å². The number of halogens is 3. The van der Waals surface area contributed by atoms with E-state index in [9.17, 15) is 13.2 Å². The molecular weight excluding hydrogens is 261 g/mol. The number of rotatable bonds is 5. The van der Waals surface area contributed by atoms with Gasteiger partial charge in [0.05, 0.1) is 6.33 Å². The van der Waals surface area contributed by atoms with Crippen molar-refractivity contribution in [2.24, 2.45) is 11.8 Å². The maximum Gasteiger partial charge on any atom is 0.159 e. The first-order valence-electron chi connectivity index (χ1n) is 7.38. The highest BCUT2D eigenvalue weighted by Crippen LogP contribution is 2.33. The van der Waals surface area contributed by atoms with Gasteiger partial charge in [-0.05, 0) is 61.6 Å². The van der Waals surface area contributed by atoms with E-state index in [1.165, 1.54) is 12.1 Å². The van der Waals surface area contributed by atoms with Crippen LogP contribution >= 0.6 is 0 Å². The largest absolute Gasteiger partial charge is 0.216 e. The monoisotopic (exact) mass is 282 g/mol. The molecule has 1 aliphatic rings. The third-order valence-corrected chi connectivity index (χ3v) is 4.35. The molecule has 1 aliphatic carbocycles. The maximum absolute atomic E-state index is 13.1. The van der Waals surface area contributed by atoms with Gasteiger partial charge in [-0.3, -0.25) is 0 Å². The lowest BCUT2D eigenvalue weighted by Gasteiger charge is -2.27. The lowest BCUT2D eigenvalue weighted by Crippen LogP contribution is -2.14. The highest BCUT2D eigenvalue weighted by Gasteiger charge is 2.20. The van der Waals surface area contributed by atoms with Crippen molar-refractivity contribution in [3.05, 3.63) is 47.8 Å². The van der Waals surface area contributed by atoms with Crippen molar-refractivity contribution in [3.63, 3.8) is 0 Å². The van der Waals surface area contributed by atoms with Crippen LogP contribution in [-0.2, 0) is 6.42 Å². The van der Waals surface area contributed by atoms with E-state index in [1.54, 1.807) is 12.1 Å². The van der Waals surface area contributed by atoms with Gasteiger partial charge in [0.25, 0.3) is 0 Å². The van der Waals surface area contributed by atoms with E-state index in [2.05, 4.69) is 0 Å². The Kier molecular flexibility index (Phi) is 5.69. The number of aryl methyl sites for hydroxylation is 1. The van der Waals surface area contributed by atoms with Crippen LogP contribution in [0, 0.1) is 23.5 Å². The SMILES string of the molecule is F/C=C/C[C@H]1CC[C@H](CCc2ccc(F)c(F)c2)CC1. The Labute approximate surface area is 118 Å². The Balaban J connectivity index is 1.74. The van der Waals surface area contributed by atoms with E-state index in [0.717, 1.165) is 50.5 Å². The molecule has 110 valence electrons. The van der Waals surface area contributed by atoms with Gasteiger partial charge in [0, 0.05) is 0 Å². The second kappa shape index (κ2) is 7.51. The van der Waals surface area contributed by atoms with Gasteiger partial charge in [-0.15, -0.1) is 0 Å². The van der Waals surface area contributed by atoms with E-state index in [0.29, 0.717) is 18.2 Å². The Hall–Kier alpha value is -1.25. The van der Waals surface area contributed by atoms with Gasteiger partial charge in [-0.2, -0.15) is 0 Å². The highest BCUT2D eigenvalue weighted by atomic mass is 19.2. The fourth-order valence-corrected chi connectivity index (χ4v) is 3.07. The van der Waals surface area contributed by atoms with Crippen LogP contribution in [0.5, 0.6) is 0 Å². The molecule has 0 nitrogen and oxygen atoms in total. The molecule has 0 bridgehead atoms. The molecule has 1 aromatic carbocycles. The van der Waals surface area contributed by atoms with E-state index >= 15 is 0 Å². The Morgan fingerprint density at radius 1 is 1.00 bits per heavy atom. The molecule has 0 spiro atoms. The molecule has 0 N–H and O–H groups in total. The summed E-state index contributed by atoms with van der Waals surface area (Å²) in [6.45, 7) is 0. The molecule has 1 aromatic rings. The third kappa shape index (κ3) is 4.39. The second-order valence-corrected chi connectivity index (χ2v) is 5.77. The number of allylic oxidation sites excluding steroid dienone is 1. The summed E-state index contributed by atoms with van der Waals surface area (Å²) in [5.74, 6) is -0.269. The van der Waals surface area contributed by atoms with Crippen LogP contribution in [0.1, 0.15) is 44.1 Å². The quantitative estimate of drug-likeness (QED) is 0.661. The standard InChI is InChI=1S/C17H21F3/c18-11-1-2-13-3-5-14(6-4-13)7-8-15-9-10-16(19)17(20)12-15/h1,9-14H,2-8H2/b11-1+/t13-,14-. The molecule has 0 amide bonds. The van der Waals surface area contributed by atoms with Crippen molar-refractivity contribution < 1.29 is 13.2 Å². The predicted octanol–water partition coefficient (Wildman–Crippen LogP) is 5.58. The van der Waals surface area contributed by atoms with Crippen LogP contribution in [0.15, 0.2) is 30.6 Å². The Bertz CT molecular complexity index is 446. The summed E-state index contributed by atoms with van der Waals surface area (Å²) in [4.78, 5) is 0. The average molecular weight is 282 g/mol. The molecule has 0 atom stereocenters. The number of hydrogen-bond donors (Lipinski definition) is 0. The van der Waals surface area contributed by atoms with Crippen LogP contribution in [0.2, 0.25) is 0 Å². The van der Waals surface area contributed by atoms with Crippen molar-refractivity contribution in [2.45, 2.75) is 44.9 Å². The minimum atomic E-state index is -0.782. The lowest BCUT2D eigenvalue weighted by atomic mass is 9.78. The van der Waals surface area contributed by atoms with Gasteiger partial charge in [-0.25, -0.2) is 13.2 Å². The van der Waals surface area contributed by atoms with E-state index in [1.807, 2.05) is 0 Å². The highest BCUT2D eigenvalue weighted by molar-refractivity contribution is 5.17. The molecule has 0 unspecified atom stereocenters. The predicted molar refractivity (Wildman–Crippen MR) is 75.0 cm³/mol. The van der Waals surface area contributed by atoms with Crippen LogP contribution < -0.4 is 0 Å². The van der Waals surface area contributed by atoms with Crippen LogP contribution in [0.3, 0.4) is 0 Å². The van der Waals surface area contributed by atoms with E-state index in [-0.39, 0.29) is 0 Å². The van der Waals surface area contributed by atoms with Crippen LogP contribution in [0.4, 0.5) is 13.2 Å². The molecule has 0 aromatic heterocycles. The molecular formula is C17H21F3. The molecule has 0 radical (unpaired) electrons. The van der Waals surface area contributed by atoms with E-state index < -0.39 is 11.6 Å². The number of hydrogen-bond acceptors (Lipinski definition) is 0. The smallest absolute Gasteiger partial charge is 0.159 e. The lowest BCUT2D eigenvalue weighted by molar-refractivity contribution is 0.264. The first-order chi connectivity index (χ1) is 9.69. The van der Waals surface area contributed by atoms with Gasteiger partial charge in [0.15, 0.2) is 11.6 Å². The zero-order chi connectivity index (χ0) is 14.4. The first kappa shape index (κ1) is 15.1. The maximum atomic E-state index is 13.1. The topological polar surface area (TPSA) is 0 Å². The van der Waals surface area contributed by atoms with Crippen molar-refractivity contribution in [3.8, 4) is 0 Å². The van der Waals surface area contributed by atoms with Gasteiger partial charge in [-0.1, -0.05) is 25.0 Å². The zero-order valence-electron chi connectivity index (χ0n) is 11.6. The molecule has 0 heterocycles. The van der Waals surface area contributed by atoms with Crippen LogP contribution in [-0.4, -0.2) is 0 Å². The zero-order valence-corrected chi connectivity index (χ0v) is 11.6. The molecule has 20 heavy (non-hydrogen) atoms. The van der Waals surface area contributed by atoms with Crippen molar-refractivity contribution in [2.75, 3.05) is 0 Å². The average Bonchev–Trinajstić information content (AvgIpc) is 2.47. The van der Waals surface area contributed by atoms with Crippen molar-refractivity contribution in [1.29, 1.82) is 0 Å². The summed E-state index contributed by atoms with van der Waals surface area (Å²) in [7, 11) is 0. The van der Waals surface area contributed by atoms with Crippen molar-refractivity contribution >= 4 is 0 Å². The molecule has 3 heteroatoms. The summed E-state index contributed by atoms with van der Waals surface area (Å²) >= 11 is 0. The molecule has 1 saturated carbocycles. The summed E-state index contributed by atoms with van der Waals surface area (Å²) in [5.41, 5.74) is 0.867. The second-order valence-electron chi connectivity index (χ2n) is 5.77. The molecule has 0 aliphatic heterocycles. The molecule has 2 rings (SSSR count). The number of benzene rings is 1. The molecule has 0 saturated heterocycles. The fourth-order valence-electron chi connectivity index (χ4n) is 3.07. The van der Waals surface area contributed by atoms with Gasteiger partial charge >= 0.3 is 0 Å². The Morgan fingerprint density at radius 2 is 1.70 bits per heavy atom. The summed E-state index contributed by atoms with van der Waals surface area (Å²) in [6, 6.07) is 4.16. The van der Waals surface area contributed by atoms with Crippen molar-refractivity contribution in [1.82, 2.24) is 0 Å². The Morgan fingerprint density at radius 3 is 2.35 bits per heavy atom. The molecule has 1 fully saturated rings. The van der Waals surface area contributed by atoms with Gasteiger partial charge in [0.1, 0.15) is 0 Å². The fraction of sp³-hybridized carbons (Fsp3) is 0.529. The van der Waals surface area contributed by atoms with Gasteiger partial charge < -0.3 is 0 Å². The normalized spacial score (nSPS) is 23.4.